The molecule has 1 atom stereocenters. The number of rotatable bonds is 3. The Kier molecular flexibility index (Phi) is 3.65. The molecule has 1 N–H and O–H groups in total. The van der Waals surface area contributed by atoms with Gasteiger partial charge in [0.2, 0.25) is 5.91 Å². The number of nitrogens with zero attached hydrogens (tertiary/aromatic N) is 1. The van der Waals surface area contributed by atoms with Crippen LogP contribution in [0.15, 0.2) is 65.6 Å². The second kappa shape index (κ2) is 5.96. The number of carbonyl (C=O) groups excluding carboxylic acids is 1. The molecule has 1 saturated heterocycles. The number of carbonyl (C=O) groups is 1. The van der Waals surface area contributed by atoms with Gasteiger partial charge < -0.3 is 9.88 Å². The topological polar surface area (TPSA) is 53.2 Å². The number of H-pyrrole nitrogens is 1. The number of aromatic nitrogens is 1. The third-order valence-corrected chi connectivity index (χ3v) is 4.64. The maximum Gasteiger partial charge on any atom is 0.255 e. The second-order valence-electron chi connectivity index (χ2n) is 6.34. The molecule has 2 aromatic carbocycles. The van der Waals surface area contributed by atoms with Crippen molar-refractivity contribution in [2.24, 2.45) is 5.92 Å². The summed E-state index contributed by atoms with van der Waals surface area (Å²) < 4.78 is 0. The number of para-hydroxylation sites is 1. The Morgan fingerprint density at radius 2 is 1.88 bits per heavy atom. The summed E-state index contributed by atoms with van der Waals surface area (Å²) in [5, 5.41) is 1.65. The number of hydrogen-bond donors (Lipinski definition) is 1. The molecule has 1 aliphatic rings. The Morgan fingerprint density at radius 1 is 1.04 bits per heavy atom. The molecule has 1 aliphatic heterocycles. The van der Waals surface area contributed by atoms with Crippen LogP contribution in [0.5, 0.6) is 0 Å². The molecule has 0 aliphatic carbocycles. The van der Waals surface area contributed by atoms with Gasteiger partial charge in [-0.25, -0.2) is 0 Å². The van der Waals surface area contributed by atoms with E-state index in [1.807, 2.05) is 53.4 Å². The summed E-state index contributed by atoms with van der Waals surface area (Å²) in [6, 6.07) is 17.6. The van der Waals surface area contributed by atoms with Crippen LogP contribution in [0.2, 0.25) is 0 Å². The molecule has 2 heterocycles. The van der Waals surface area contributed by atoms with Crippen molar-refractivity contribution in [3.63, 3.8) is 0 Å². The maximum atomic E-state index is 12.3. The zero-order valence-corrected chi connectivity index (χ0v) is 13.2. The first kappa shape index (κ1) is 14.7. The number of pyridine rings is 1. The summed E-state index contributed by atoms with van der Waals surface area (Å²) in [5.74, 6) is 0.487. The van der Waals surface area contributed by atoms with Crippen molar-refractivity contribution in [1.29, 1.82) is 0 Å². The molecule has 0 spiro atoms. The molecule has 120 valence electrons. The van der Waals surface area contributed by atoms with Gasteiger partial charge in [0.25, 0.3) is 5.56 Å². The highest BCUT2D eigenvalue weighted by Gasteiger charge is 2.30. The number of fused-ring (bicyclic) bond motifs is 1. The van der Waals surface area contributed by atoms with E-state index in [2.05, 4.69) is 11.1 Å². The molecule has 24 heavy (non-hydrogen) atoms. The van der Waals surface area contributed by atoms with Crippen molar-refractivity contribution in [3.05, 3.63) is 76.7 Å². The monoisotopic (exact) mass is 318 g/mol. The Bertz CT molecular complexity index is 947. The number of aromatic amines is 1. The normalized spacial score (nSPS) is 17.6. The average Bonchev–Trinajstić information content (AvgIpc) is 2.96. The first-order valence-corrected chi connectivity index (χ1v) is 8.16. The fraction of sp³-hybridized carbons (Fsp3) is 0.200. The van der Waals surface area contributed by atoms with E-state index in [-0.39, 0.29) is 11.5 Å². The molecule has 4 heteroatoms. The van der Waals surface area contributed by atoms with Gasteiger partial charge >= 0.3 is 0 Å². The van der Waals surface area contributed by atoms with Gasteiger partial charge in [-0.3, -0.25) is 9.59 Å². The van der Waals surface area contributed by atoms with Crippen molar-refractivity contribution in [2.45, 2.75) is 12.8 Å². The van der Waals surface area contributed by atoms with Crippen LogP contribution >= 0.6 is 0 Å². The van der Waals surface area contributed by atoms with Crippen LogP contribution in [0.1, 0.15) is 12.0 Å². The van der Waals surface area contributed by atoms with E-state index in [9.17, 15) is 9.59 Å². The summed E-state index contributed by atoms with van der Waals surface area (Å²) in [7, 11) is 0. The van der Waals surface area contributed by atoms with Gasteiger partial charge in [-0.05, 0) is 47.6 Å². The lowest BCUT2D eigenvalue weighted by Gasteiger charge is -2.16. The van der Waals surface area contributed by atoms with Gasteiger partial charge in [-0.15, -0.1) is 0 Å². The number of anilines is 1. The minimum Gasteiger partial charge on any atom is -0.329 e. The molecule has 0 saturated carbocycles. The lowest BCUT2D eigenvalue weighted by Crippen LogP contribution is -2.24. The van der Waals surface area contributed by atoms with Gasteiger partial charge in [0.05, 0.1) is 0 Å². The van der Waals surface area contributed by atoms with Crippen LogP contribution in [0.25, 0.3) is 10.8 Å². The highest BCUT2D eigenvalue weighted by Crippen LogP contribution is 2.27. The van der Waals surface area contributed by atoms with Crippen molar-refractivity contribution < 1.29 is 4.79 Å². The van der Waals surface area contributed by atoms with E-state index in [4.69, 9.17) is 0 Å². The van der Waals surface area contributed by atoms with E-state index in [0.29, 0.717) is 17.7 Å². The molecule has 1 aromatic heterocycles. The smallest absolute Gasteiger partial charge is 0.255 e. The molecule has 4 rings (SSSR count). The fourth-order valence-electron chi connectivity index (χ4n) is 3.48. The van der Waals surface area contributed by atoms with Crippen LogP contribution in [0, 0.1) is 5.92 Å². The molecule has 0 bridgehead atoms. The number of nitrogens with one attached hydrogen (secondary N) is 1. The highest BCUT2D eigenvalue weighted by atomic mass is 16.2. The summed E-state index contributed by atoms with van der Waals surface area (Å²) in [4.78, 5) is 28.6. The van der Waals surface area contributed by atoms with E-state index < -0.39 is 0 Å². The first-order chi connectivity index (χ1) is 11.7. The Labute approximate surface area is 139 Å². The van der Waals surface area contributed by atoms with Crippen molar-refractivity contribution in [1.82, 2.24) is 4.98 Å². The predicted octanol–water partition coefficient (Wildman–Crippen LogP) is 3.12. The van der Waals surface area contributed by atoms with Gasteiger partial charge in [0.1, 0.15) is 0 Å². The molecule has 3 aromatic rings. The standard InChI is InChI=1S/C20H18N2O2/c23-19-12-15(13-22(19)17-4-2-1-3-5-17)10-14-6-7-18-16(11-14)8-9-21-20(18)24/h1-9,11,15H,10,12-13H2,(H,21,24). The third kappa shape index (κ3) is 2.71. The van der Waals surface area contributed by atoms with Crippen LogP contribution in [0.3, 0.4) is 0 Å². The Hall–Kier alpha value is -2.88. The maximum absolute atomic E-state index is 12.3. The van der Waals surface area contributed by atoms with E-state index in [0.717, 1.165) is 24.0 Å². The van der Waals surface area contributed by atoms with Crippen molar-refractivity contribution in [2.75, 3.05) is 11.4 Å². The van der Waals surface area contributed by atoms with Gasteiger partial charge in [0, 0.05) is 30.2 Å². The first-order valence-electron chi connectivity index (χ1n) is 8.16. The minimum absolute atomic E-state index is 0.0645. The molecular weight excluding hydrogens is 300 g/mol. The average molecular weight is 318 g/mol. The van der Waals surface area contributed by atoms with Crippen LogP contribution in [-0.4, -0.2) is 17.4 Å². The second-order valence-corrected chi connectivity index (χ2v) is 6.34. The quantitative estimate of drug-likeness (QED) is 0.806. The largest absolute Gasteiger partial charge is 0.329 e. The summed E-state index contributed by atoms with van der Waals surface area (Å²) in [6.07, 6.45) is 3.09. The van der Waals surface area contributed by atoms with E-state index >= 15 is 0 Å². The minimum atomic E-state index is -0.0645. The zero-order valence-electron chi connectivity index (χ0n) is 13.2. The van der Waals surface area contributed by atoms with Crippen LogP contribution in [0.4, 0.5) is 5.69 Å². The Balaban J connectivity index is 1.54. The lowest BCUT2D eigenvalue weighted by atomic mass is 9.97. The molecule has 1 amide bonds. The third-order valence-electron chi connectivity index (χ3n) is 4.64. The number of amides is 1. The van der Waals surface area contributed by atoms with Gasteiger partial charge in [-0.2, -0.15) is 0 Å². The highest BCUT2D eigenvalue weighted by molar-refractivity contribution is 5.95. The number of benzene rings is 2. The molecule has 1 fully saturated rings. The predicted molar refractivity (Wildman–Crippen MR) is 95.2 cm³/mol. The van der Waals surface area contributed by atoms with Gasteiger partial charge in [0.15, 0.2) is 0 Å². The number of hydrogen-bond acceptors (Lipinski definition) is 2. The lowest BCUT2D eigenvalue weighted by molar-refractivity contribution is -0.117. The molecule has 0 radical (unpaired) electrons. The van der Waals surface area contributed by atoms with Crippen LogP contribution in [-0.2, 0) is 11.2 Å². The summed E-state index contributed by atoms with van der Waals surface area (Å²) >= 11 is 0. The SMILES string of the molecule is O=C1CC(Cc2ccc3c(=O)[nH]ccc3c2)CN1c1ccccc1. The molecule has 4 nitrogen and oxygen atoms in total. The van der Waals surface area contributed by atoms with Gasteiger partial charge in [-0.1, -0.05) is 30.3 Å². The Morgan fingerprint density at radius 3 is 2.71 bits per heavy atom. The zero-order chi connectivity index (χ0) is 16.5. The van der Waals surface area contributed by atoms with E-state index in [1.54, 1.807) is 6.20 Å². The van der Waals surface area contributed by atoms with E-state index in [1.165, 1.54) is 5.56 Å². The fourth-order valence-corrected chi connectivity index (χ4v) is 3.48. The molecule has 1 unspecified atom stereocenters. The summed E-state index contributed by atoms with van der Waals surface area (Å²) in [5.41, 5.74) is 2.07. The van der Waals surface area contributed by atoms with Crippen molar-refractivity contribution >= 4 is 22.4 Å². The summed E-state index contributed by atoms with van der Waals surface area (Å²) in [6.45, 7) is 0.746. The van der Waals surface area contributed by atoms with Crippen molar-refractivity contribution in [3.8, 4) is 0 Å². The molecular formula is C20H18N2O2. The van der Waals surface area contributed by atoms with Crippen LogP contribution < -0.4 is 10.5 Å².